The average Bonchev–Trinajstić information content (AvgIpc) is 2.56. The van der Waals surface area contributed by atoms with Crippen LogP contribution in [0.2, 0.25) is 0 Å². The van der Waals surface area contributed by atoms with Crippen LogP contribution in [-0.2, 0) is 0 Å². The number of aryl methyl sites for hydroxylation is 2. The molecule has 0 aliphatic heterocycles. The van der Waals surface area contributed by atoms with E-state index in [4.69, 9.17) is 10.5 Å². The van der Waals surface area contributed by atoms with Crippen LogP contribution in [-0.4, -0.2) is 13.0 Å². The lowest BCUT2D eigenvalue weighted by molar-refractivity contribution is 0.102. The van der Waals surface area contributed by atoms with Crippen molar-refractivity contribution in [2.75, 3.05) is 18.2 Å². The zero-order valence-corrected chi connectivity index (χ0v) is 14.0. The van der Waals surface area contributed by atoms with Crippen LogP contribution in [0.1, 0.15) is 21.5 Å². The highest BCUT2D eigenvalue weighted by Gasteiger charge is 2.16. The van der Waals surface area contributed by atoms with Gasteiger partial charge in [-0.25, -0.2) is 0 Å². The van der Waals surface area contributed by atoms with Gasteiger partial charge in [-0.3, -0.25) is 4.79 Å². The maximum atomic E-state index is 12.8. The molecule has 0 aromatic heterocycles. The molecule has 0 spiro atoms. The molecule has 0 unspecified atom stereocenters. The van der Waals surface area contributed by atoms with Crippen LogP contribution in [0, 0.1) is 13.8 Å². The summed E-state index contributed by atoms with van der Waals surface area (Å²) in [5.74, 6) is 0.352. The number of carbonyl (C=O) groups excluding carboxylic acids is 1. The summed E-state index contributed by atoms with van der Waals surface area (Å²) in [7, 11) is 1.57. The van der Waals surface area contributed by atoms with E-state index in [1.165, 1.54) is 0 Å². The Labute approximate surface area is 141 Å². The molecule has 0 heterocycles. The van der Waals surface area contributed by atoms with Crippen LogP contribution >= 0.6 is 0 Å². The summed E-state index contributed by atoms with van der Waals surface area (Å²) in [6.45, 7) is 3.85. The number of hydrogen-bond donors (Lipinski definition) is 2. The summed E-state index contributed by atoms with van der Waals surface area (Å²) >= 11 is 0. The highest BCUT2D eigenvalue weighted by Crippen LogP contribution is 2.29. The number of rotatable bonds is 3. The number of nitrogen functional groups attached to an aromatic ring is 1. The normalized spacial score (nSPS) is 10.6. The van der Waals surface area contributed by atoms with Gasteiger partial charge >= 0.3 is 0 Å². The van der Waals surface area contributed by atoms with Gasteiger partial charge in [0.25, 0.3) is 5.91 Å². The van der Waals surface area contributed by atoms with E-state index in [0.29, 0.717) is 17.0 Å². The molecule has 3 aromatic carbocycles. The molecule has 0 saturated carbocycles. The molecule has 3 rings (SSSR count). The molecule has 0 aliphatic rings. The summed E-state index contributed by atoms with van der Waals surface area (Å²) in [6, 6.07) is 15.3. The molecule has 0 atom stereocenters. The second-order valence-electron chi connectivity index (χ2n) is 5.88. The summed E-state index contributed by atoms with van der Waals surface area (Å²) in [4.78, 5) is 12.8. The summed E-state index contributed by atoms with van der Waals surface area (Å²) in [6.07, 6.45) is 0. The smallest absolute Gasteiger partial charge is 0.259 e. The Hall–Kier alpha value is -3.01. The first kappa shape index (κ1) is 15.9. The first-order valence-corrected chi connectivity index (χ1v) is 7.74. The van der Waals surface area contributed by atoms with E-state index in [-0.39, 0.29) is 5.91 Å². The fourth-order valence-corrected chi connectivity index (χ4v) is 2.94. The molecule has 0 bridgehead atoms. The predicted molar refractivity (Wildman–Crippen MR) is 98.8 cm³/mol. The average molecular weight is 320 g/mol. The molecule has 1 amide bonds. The molecule has 0 saturated heterocycles. The van der Waals surface area contributed by atoms with Gasteiger partial charge in [0, 0.05) is 11.4 Å². The fourth-order valence-electron chi connectivity index (χ4n) is 2.94. The maximum absolute atomic E-state index is 12.8. The Balaban J connectivity index is 2.03. The number of hydrogen-bond acceptors (Lipinski definition) is 3. The first-order chi connectivity index (χ1) is 11.5. The fraction of sp³-hybridized carbons (Fsp3) is 0.150. The van der Waals surface area contributed by atoms with Gasteiger partial charge in [-0.1, -0.05) is 24.3 Å². The number of anilines is 2. The van der Waals surface area contributed by atoms with Crippen molar-refractivity contribution in [3.8, 4) is 5.75 Å². The van der Waals surface area contributed by atoms with Gasteiger partial charge < -0.3 is 15.8 Å². The molecular weight excluding hydrogens is 300 g/mol. The lowest BCUT2D eigenvalue weighted by atomic mass is 10.0. The zero-order valence-electron chi connectivity index (χ0n) is 14.0. The summed E-state index contributed by atoms with van der Waals surface area (Å²) < 4.78 is 5.41. The van der Waals surface area contributed by atoms with Crippen molar-refractivity contribution in [1.29, 1.82) is 0 Å². The lowest BCUT2D eigenvalue weighted by Gasteiger charge is -2.15. The number of nitrogens with two attached hydrogens (primary N) is 1. The lowest BCUT2D eigenvalue weighted by Crippen LogP contribution is -2.15. The van der Waals surface area contributed by atoms with E-state index in [9.17, 15) is 4.79 Å². The largest absolute Gasteiger partial charge is 0.496 e. The highest BCUT2D eigenvalue weighted by molar-refractivity contribution is 6.09. The van der Waals surface area contributed by atoms with Crippen molar-refractivity contribution in [2.45, 2.75) is 13.8 Å². The monoisotopic (exact) mass is 320 g/mol. The molecule has 4 nitrogen and oxygen atoms in total. The first-order valence-electron chi connectivity index (χ1n) is 7.74. The molecule has 0 radical (unpaired) electrons. The van der Waals surface area contributed by atoms with Gasteiger partial charge in [-0.05, 0) is 60.0 Å². The minimum atomic E-state index is -0.200. The number of methoxy groups -OCH3 is 1. The predicted octanol–water partition coefficient (Wildman–Crippen LogP) is 4.30. The van der Waals surface area contributed by atoms with Gasteiger partial charge in [0.2, 0.25) is 0 Å². The van der Waals surface area contributed by atoms with Gasteiger partial charge in [-0.15, -0.1) is 0 Å². The minimum Gasteiger partial charge on any atom is -0.496 e. The van der Waals surface area contributed by atoms with Crippen molar-refractivity contribution >= 4 is 28.1 Å². The van der Waals surface area contributed by atoms with Gasteiger partial charge in [0.15, 0.2) is 0 Å². The second kappa shape index (κ2) is 6.24. The van der Waals surface area contributed by atoms with Gasteiger partial charge in [-0.2, -0.15) is 0 Å². The van der Waals surface area contributed by atoms with Crippen molar-refractivity contribution in [1.82, 2.24) is 0 Å². The third-order valence-electron chi connectivity index (χ3n) is 4.11. The molecule has 0 aliphatic carbocycles. The van der Waals surface area contributed by atoms with E-state index < -0.39 is 0 Å². The van der Waals surface area contributed by atoms with E-state index in [0.717, 1.165) is 27.6 Å². The third kappa shape index (κ3) is 2.91. The topological polar surface area (TPSA) is 64.3 Å². The van der Waals surface area contributed by atoms with Crippen LogP contribution < -0.4 is 15.8 Å². The number of fused-ring (bicyclic) bond motifs is 1. The Morgan fingerprint density at radius 3 is 2.17 bits per heavy atom. The van der Waals surface area contributed by atoms with Crippen molar-refractivity contribution in [3.05, 3.63) is 65.2 Å². The van der Waals surface area contributed by atoms with Crippen LogP contribution in [0.4, 0.5) is 11.4 Å². The Morgan fingerprint density at radius 1 is 1.00 bits per heavy atom. The summed E-state index contributed by atoms with van der Waals surface area (Å²) in [5, 5.41) is 5.01. The second-order valence-corrected chi connectivity index (χ2v) is 5.88. The minimum absolute atomic E-state index is 0.200. The zero-order chi connectivity index (χ0) is 17.3. The van der Waals surface area contributed by atoms with Crippen molar-refractivity contribution in [2.24, 2.45) is 0 Å². The molecule has 24 heavy (non-hydrogen) atoms. The highest BCUT2D eigenvalue weighted by atomic mass is 16.5. The molecule has 0 fully saturated rings. The number of nitrogens with one attached hydrogen (secondary N) is 1. The number of ether oxygens (including phenoxy) is 1. The molecule has 122 valence electrons. The Kier molecular flexibility index (Phi) is 4.13. The number of amides is 1. The van der Waals surface area contributed by atoms with Crippen LogP contribution in [0.25, 0.3) is 10.8 Å². The molecule has 3 aromatic rings. The quantitative estimate of drug-likeness (QED) is 0.707. The molecule has 4 heteroatoms. The van der Waals surface area contributed by atoms with Crippen molar-refractivity contribution in [3.63, 3.8) is 0 Å². The number of carbonyl (C=O) groups is 1. The van der Waals surface area contributed by atoms with Crippen molar-refractivity contribution < 1.29 is 9.53 Å². The molecular formula is C20H20N2O2. The van der Waals surface area contributed by atoms with E-state index in [2.05, 4.69) is 5.32 Å². The van der Waals surface area contributed by atoms with E-state index >= 15 is 0 Å². The Bertz CT molecular complexity index is 909. The Morgan fingerprint density at radius 2 is 1.58 bits per heavy atom. The van der Waals surface area contributed by atoms with E-state index in [1.807, 2.05) is 62.4 Å². The summed E-state index contributed by atoms with van der Waals surface area (Å²) in [5.41, 5.74) is 9.68. The van der Waals surface area contributed by atoms with Crippen LogP contribution in [0.3, 0.4) is 0 Å². The van der Waals surface area contributed by atoms with Gasteiger partial charge in [0.05, 0.1) is 12.7 Å². The standard InChI is InChI=1S/C20H20N2O2/c1-12-8-16(21)9-13(2)19(12)22-20(23)17-10-14-6-4-5-7-15(14)11-18(17)24-3/h4-11H,21H2,1-3H3,(H,22,23). The van der Waals surface area contributed by atoms with Crippen LogP contribution in [0.5, 0.6) is 5.75 Å². The molecule has 3 N–H and O–H groups in total. The van der Waals surface area contributed by atoms with Crippen LogP contribution in [0.15, 0.2) is 48.5 Å². The third-order valence-corrected chi connectivity index (χ3v) is 4.11. The number of benzene rings is 3. The van der Waals surface area contributed by atoms with E-state index in [1.54, 1.807) is 7.11 Å². The van der Waals surface area contributed by atoms with Gasteiger partial charge in [0.1, 0.15) is 5.75 Å². The SMILES string of the molecule is COc1cc2ccccc2cc1C(=O)Nc1c(C)cc(N)cc1C. The maximum Gasteiger partial charge on any atom is 0.259 e.